The summed E-state index contributed by atoms with van der Waals surface area (Å²) >= 11 is 0. The molecule has 8 nitrogen and oxygen atoms in total. The molecule has 0 spiro atoms. The van der Waals surface area contributed by atoms with E-state index in [1.165, 1.54) is 18.2 Å². The Balaban J connectivity index is 1.26. The largest absolute Gasteiger partial charge is 0.480 e. The molecule has 0 aliphatic heterocycles. The lowest BCUT2D eigenvalue weighted by Gasteiger charge is -2.29. The quantitative estimate of drug-likeness (QED) is 0.506. The van der Waals surface area contributed by atoms with Crippen LogP contribution in [0.15, 0.2) is 48.5 Å². The summed E-state index contributed by atoms with van der Waals surface area (Å²) < 4.78 is 10.5. The van der Waals surface area contributed by atoms with Crippen LogP contribution < -0.4 is 10.6 Å². The average molecular weight is 481 g/mol. The van der Waals surface area contributed by atoms with Crippen molar-refractivity contribution in [3.05, 3.63) is 59.7 Å². The van der Waals surface area contributed by atoms with Gasteiger partial charge in [-0.1, -0.05) is 55.0 Å². The van der Waals surface area contributed by atoms with E-state index in [9.17, 15) is 19.5 Å². The van der Waals surface area contributed by atoms with Gasteiger partial charge >= 0.3 is 12.1 Å². The Labute approximate surface area is 205 Å². The number of nitrogens with one attached hydrogen (secondary N) is 2. The second-order valence-corrected chi connectivity index (χ2v) is 9.29. The molecule has 3 atom stereocenters. The Morgan fingerprint density at radius 3 is 2.31 bits per heavy atom. The third-order valence-electron chi connectivity index (χ3n) is 6.98. The lowest BCUT2D eigenvalue weighted by atomic mass is 9.81. The lowest BCUT2D eigenvalue weighted by Crippen LogP contribution is -2.47. The molecule has 2 unspecified atom stereocenters. The number of alkyl carbamates (subject to hydrolysis) is 1. The van der Waals surface area contributed by atoms with Crippen LogP contribution in [0.4, 0.5) is 4.79 Å². The van der Waals surface area contributed by atoms with Crippen molar-refractivity contribution < 1.29 is 29.0 Å². The number of hydrogen-bond acceptors (Lipinski definition) is 5. The molecular formula is C27H32N2O6. The Bertz CT molecular complexity index is 1030. The van der Waals surface area contributed by atoms with Gasteiger partial charge in [-0.25, -0.2) is 9.59 Å². The van der Waals surface area contributed by atoms with E-state index in [0.29, 0.717) is 19.4 Å². The SMILES string of the molecule is COC[C@H](NC(=O)C1CCCC(CNC(=O)OCC2c3ccccc3-c3ccccc32)C1)C(=O)O. The van der Waals surface area contributed by atoms with Crippen molar-refractivity contribution in [1.29, 1.82) is 0 Å². The van der Waals surface area contributed by atoms with E-state index in [4.69, 9.17) is 9.47 Å². The first-order valence-electron chi connectivity index (χ1n) is 12.1. The Hall–Kier alpha value is -3.39. The van der Waals surface area contributed by atoms with Gasteiger partial charge in [-0.05, 0) is 47.4 Å². The van der Waals surface area contributed by atoms with E-state index in [1.807, 2.05) is 24.3 Å². The molecule has 0 radical (unpaired) electrons. The second kappa shape index (κ2) is 11.4. The number of rotatable bonds is 9. The van der Waals surface area contributed by atoms with Crippen molar-refractivity contribution >= 4 is 18.0 Å². The molecular weight excluding hydrogens is 448 g/mol. The van der Waals surface area contributed by atoms with E-state index in [2.05, 4.69) is 34.9 Å². The molecule has 3 N–H and O–H groups in total. The molecule has 1 fully saturated rings. The third-order valence-corrected chi connectivity index (χ3v) is 6.98. The predicted molar refractivity (Wildman–Crippen MR) is 130 cm³/mol. The molecule has 4 rings (SSSR count). The molecule has 186 valence electrons. The fraction of sp³-hybridized carbons (Fsp3) is 0.444. The lowest BCUT2D eigenvalue weighted by molar-refractivity contribution is -0.144. The zero-order valence-corrected chi connectivity index (χ0v) is 19.9. The minimum atomic E-state index is -1.12. The fourth-order valence-corrected chi connectivity index (χ4v) is 5.22. The summed E-state index contributed by atoms with van der Waals surface area (Å²) in [5.41, 5.74) is 4.69. The van der Waals surface area contributed by atoms with E-state index < -0.39 is 18.1 Å². The van der Waals surface area contributed by atoms with Gasteiger partial charge in [-0.15, -0.1) is 0 Å². The van der Waals surface area contributed by atoms with Gasteiger partial charge in [0, 0.05) is 25.5 Å². The number of carbonyl (C=O) groups is 3. The van der Waals surface area contributed by atoms with Crippen LogP contribution >= 0.6 is 0 Å². The van der Waals surface area contributed by atoms with Crippen molar-refractivity contribution in [3.8, 4) is 11.1 Å². The fourth-order valence-electron chi connectivity index (χ4n) is 5.22. The van der Waals surface area contributed by atoms with Gasteiger partial charge in [0.05, 0.1) is 6.61 Å². The predicted octanol–water partition coefficient (Wildman–Crippen LogP) is 3.55. The van der Waals surface area contributed by atoms with Gasteiger partial charge in [-0.2, -0.15) is 0 Å². The van der Waals surface area contributed by atoms with Crippen LogP contribution in [0.5, 0.6) is 0 Å². The topological polar surface area (TPSA) is 114 Å². The number of ether oxygens (including phenoxy) is 2. The standard InChI is InChI=1S/C27H32N2O6/c1-34-16-24(26(31)32)29-25(30)18-8-6-7-17(13-18)14-28-27(33)35-15-23-21-11-4-2-9-19(21)20-10-3-5-12-22(20)23/h2-5,9-12,17-18,23-24H,6-8,13-16H2,1H3,(H,28,33)(H,29,30)(H,31,32)/t17?,18?,24-/m0/s1. The first kappa shape index (κ1) is 24.7. The Kier molecular flexibility index (Phi) is 8.02. The normalized spacial score (nSPS) is 19.8. The Morgan fingerprint density at radius 1 is 1.03 bits per heavy atom. The van der Waals surface area contributed by atoms with Gasteiger partial charge in [0.25, 0.3) is 0 Å². The van der Waals surface area contributed by atoms with Crippen molar-refractivity contribution in [1.82, 2.24) is 10.6 Å². The highest BCUT2D eigenvalue weighted by atomic mass is 16.5. The summed E-state index contributed by atoms with van der Waals surface area (Å²) in [6.07, 6.45) is 2.57. The van der Waals surface area contributed by atoms with Crippen LogP contribution in [-0.2, 0) is 19.1 Å². The molecule has 2 aromatic rings. The number of carboxylic acid groups (broad SMARTS) is 1. The minimum absolute atomic E-state index is 0.00480. The molecule has 2 aliphatic carbocycles. The zero-order chi connectivity index (χ0) is 24.8. The number of benzene rings is 2. The van der Waals surface area contributed by atoms with Crippen LogP contribution in [0.25, 0.3) is 11.1 Å². The summed E-state index contributed by atoms with van der Waals surface area (Å²) in [5.74, 6) is -1.54. The highest BCUT2D eigenvalue weighted by Crippen LogP contribution is 2.44. The van der Waals surface area contributed by atoms with E-state index in [0.717, 1.165) is 24.0 Å². The second-order valence-electron chi connectivity index (χ2n) is 9.29. The number of methoxy groups -OCH3 is 1. The maximum atomic E-state index is 12.6. The first-order chi connectivity index (χ1) is 17.0. The Morgan fingerprint density at radius 2 is 1.69 bits per heavy atom. The molecule has 0 bridgehead atoms. The van der Waals surface area contributed by atoms with E-state index in [1.54, 1.807) is 0 Å². The molecule has 2 amide bonds. The molecule has 0 aromatic heterocycles. The molecule has 2 aromatic carbocycles. The molecule has 2 aliphatic rings. The van der Waals surface area contributed by atoms with Crippen LogP contribution in [0, 0.1) is 11.8 Å². The van der Waals surface area contributed by atoms with Gasteiger partial charge in [0.15, 0.2) is 6.04 Å². The molecule has 1 saturated carbocycles. The van der Waals surface area contributed by atoms with Crippen LogP contribution in [0.1, 0.15) is 42.7 Å². The molecule has 0 heterocycles. The summed E-state index contributed by atoms with van der Waals surface area (Å²) in [7, 11) is 1.40. The number of amides is 2. The number of aliphatic carboxylic acids is 1. The number of carboxylic acids is 1. The molecule has 0 saturated heterocycles. The zero-order valence-electron chi connectivity index (χ0n) is 19.9. The third kappa shape index (κ3) is 5.82. The van der Waals surface area contributed by atoms with Crippen LogP contribution in [-0.4, -0.2) is 56.0 Å². The number of fused-ring (bicyclic) bond motifs is 3. The summed E-state index contributed by atoms with van der Waals surface area (Å²) in [6, 6.07) is 15.3. The number of carbonyl (C=O) groups excluding carboxylic acids is 2. The van der Waals surface area contributed by atoms with Crippen molar-refractivity contribution in [2.24, 2.45) is 11.8 Å². The van der Waals surface area contributed by atoms with E-state index >= 15 is 0 Å². The highest BCUT2D eigenvalue weighted by Gasteiger charge is 2.31. The molecule has 8 heteroatoms. The monoisotopic (exact) mass is 480 g/mol. The highest BCUT2D eigenvalue weighted by molar-refractivity contribution is 5.85. The smallest absolute Gasteiger partial charge is 0.407 e. The van der Waals surface area contributed by atoms with Gasteiger partial charge in [0.1, 0.15) is 6.61 Å². The van der Waals surface area contributed by atoms with Gasteiger partial charge in [0.2, 0.25) is 5.91 Å². The summed E-state index contributed by atoms with van der Waals surface area (Å²) in [4.78, 5) is 36.3. The summed E-state index contributed by atoms with van der Waals surface area (Å²) in [5, 5.41) is 14.7. The van der Waals surface area contributed by atoms with Crippen molar-refractivity contribution in [3.63, 3.8) is 0 Å². The molecule has 35 heavy (non-hydrogen) atoms. The van der Waals surface area contributed by atoms with Crippen LogP contribution in [0.3, 0.4) is 0 Å². The maximum Gasteiger partial charge on any atom is 0.407 e. The minimum Gasteiger partial charge on any atom is -0.480 e. The van der Waals surface area contributed by atoms with Crippen LogP contribution in [0.2, 0.25) is 0 Å². The van der Waals surface area contributed by atoms with Gasteiger partial charge < -0.3 is 25.2 Å². The van der Waals surface area contributed by atoms with Gasteiger partial charge in [-0.3, -0.25) is 4.79 Å². The first-order valence-corrected chi connectivity index (χ1v) is 12.1. The summed E-state index contributed by atoms with van der Waals surface area (Å²) in [6.45, 7) is 0.590. The van der Waals surface area contributed by atoms with Crippen molar-refractivity contribution in [2.75, 3.05) is 26.9 Å². The number of hydrogen-bond donors (Lipinski definition) is 3. The van der Waals surface area contributed by atoms with Crippen molar-refractivity contribution in [2.45, 2.75) is 37.6 Å². The maximum absolute atomic E-state index is 12.6. The van der Waals surface area contributed by atoms with E-state index in [-0.39, 0.29) is 36.9 Å². The average Bonchev–Trinajstić information content (AvgIpc) is 3.19.